The minimum absolute atomic E-state index is 0.597. The van der Waals surface area contributed by atoms with Crippen LogP contribution in [0.4, 0.5) is 0 Å². The highest BCUT2D eigenvalue weighted by Gasteiger charge is 2.37. The Morgan fingerprint density at radius 1 is 1.43 bits per heavy atom. The van der Waals surface area contributed by atoms with Gasteiger partial charge in [-0.25, -0.2) is 4.79 Å². The highest BCUT2D eigenvalue weighted by Crippen LogP contribution is 2.23. The number of aliphatic hydroxyl groups is 1. The van der Waals surface area contributed by atoms with Gasteiger partial charge in [-0.05, 0) is 12.5 Å². The zero-order chi connectivity index (χ0) is 10.8. The molecule has 0 saturated heterocycles. The van der Waals surface area contributed by atoms with E-state index < -0.39 is 17.6 Å². The van der Waals surface area contributed by atoms with Gasteiger partial charge in [0.05, 0.1) is 6.04 Å². The van der Waals surface area contributed by atoms with Gasteiger partial charge in [-0.3, -0.25) is 0 Å². The third-order valence-corrected chi connectivity index (χ3v) is 2.20. The number of hydrogen-bond donors (Lipinski definition) is 3. The Morgan fingerprint density at radius 2 is 1.93 bits per heavy atom. The second kappa shape index (κ2) is 3.77. The van der Waals surface area contributed by atoms with Gasteiger partial charge in [0.25, 0.3) is 0 Å². The first kappa shape index (κ1) is 10.7. The molecule has 0 aliphatic rings. The second-order valence-corrected chi connectivity index (χ2v) is 3.34. The predicted octanol–water partition coefficient (Wildman–Crippen LogP) is 0.522. The molecule has 0 aliphatic heterocycles. The Morgan fingerprint density at radius 3 is 2.36 bits per heavy atom. The second-order valence-electron chi connectivity index (χ2n) is 3.34. The maximum atomic E-state index is 10.7. The van der Waals surface area contributed by atoms with Crippen molar-refractivity contribution in [2.45, 2.75) is 18.6 Å². The molecule has 0 aromatic heterocycles. The average molecular weight is 195 g/mol. The van der Waals surface area contributed by atoms with Crippen molar-refractivity contribution in [3.63, 3.8) is 0 Å². The summed E-state index contributed by atoms with van der Waals surface area (Å²) < 4.78 is 0. The van der Waals surface area contributed by atoms with Crippen LogP contribution in [0.15, 0.2) is 30.3 Å². The molecule has 0 bridgehead atoms. The van der Waals surface area contributed by atoms with Crippen molar-refractivity contribution < 1.29 is 15.0 Å². The monoisotopic (exact) mass is 195 g/mol. The van der Waals surface area contributed by atoms with Gasteiger partial charge in [0, 0.05) is 0 Å². The molecule has 76 valence electrons. The Labute approximate surface area is 82.0 Å². The first-order chi connectivity index (χ1) is 6.46. The van der Waals surface area contributed by atoms with E-state index in [1.165, 1.54) is 6.92 Å². The zero-order valence-electron chi connectivity index (χ0n) is 7.84. The maximum Gasteiger partial charge on any atom is 0.337 e. The topological polar surface area (TPSA) is 83.5 Å². The molecule has 0 aliphatic carbocycles. The largest absolute Gasteiger partial charge is 0.479 e. The third kappa shape index (κ3) is 1.92. The van der Waals surface area contributed by atoms with Crippen LogP contribution in [0.5, 0.6) is 0 Å². The van der Waals surface area contributed by atoms with Crippen LogP contribution in [-0.2, 0) is 4.79 Å². The summed E-state index contributed by atoms with van der Waals surface area (Å²) in [4.78, 5) is 10.7. The minimum atomic E-state index is -1.94. The molecule has 1 aromatic carbocycles. The Hall–Kier alpha value is -1.39. The number of aliphatic carboxylic acids is 1. The van der Waals surface area contributed by atoms with E-state index in [-0.39, 0.29) is 0 Å². The molecule has 1 rings (SSSR count). The number of benzene rings is 1. The Kier molecular flexibility index (Phi) is 2.88. The lowest BCUT2D eigenvalue weighted by Crippen LogP contribution is -2.45. The first-order valence-electron chi connectivity index (χ1n) is 4.22. The van der Waals surface area contributed by atoms with Gasteiger partial charge in [0.2, 0.25) is 0 Å². The van der Waals surface area contributed by atoms with E-state index in [0.29, 0.717) is 5.56 Å². The molecule has 0 spiro atoms. The van der Waals surface area contributed by atoms with Crippen molar-refractivity contribution in [1.29, 1.82) is 0 Å². The lowest BCUT2D eigenvalue weighted by atomic mass is 9.91. The summed E-state index contributed by atoms with van der Waals surface area (Å²) in [5, 5.41) is 18.3. The summed E-state index contributed by atoms with van der Waals surface area (Å²) in [5.41, 5.74) is 4.30. The van der Waals surface area contributed by atoms with Crippen LogP contribution >= 0.6 is 0 Å². The number of nitrogens with two attached hydrogens (primary N) is 1. The standard InChI is InChI=1S/C10H13NO3/c1-10(14,9(12)13)8(11)7-5-3-2-4-6-7/h2-6,8,14H,11H2,1H3,(H,12,13)/t8-,10+/m1/s1. The average Bonchev–Trinajstić information content (AvgIpc) is 2.17. The van der Waals surface area contributed by atoms with E-state index in [4.69, 9.17) is 10.8 Å². The number of carboxylic acid groups (broad SMARTS) is 1. The summed E-state index contributed by atoms with van der Waals surface area (Å²) in [5.74, 6) is -1.33. The van der Waals surface area contributed by atoms with Crippen LogP contribution in [0.25, 0.3) is 0 Å². The van der Waals surface area contributed by atoms with E-state index in [1.807, 2.05) is 0 Å². The summed E-state index contributed by atoms with van der Waals surface area (Å²) in [7, 11) is 0. The lowest BCUT2D eigenvalue weighted by Gasteiger charge is -2.25. The van der Waals surface area contributed by atoms with E-state index >= 15 is 0 Å². The quantitative estimate of drug-likeness (QED) is 0.656. The van der Waals surface area contributed by atoms with E-state index in [0.717, 1.165) is 0 Å². The van der Waals surface area contributed by atoms with Crippen molar-refractivity contribution in [1.82, 2.24) is 0 Å². The van der Waals surface area contributed by atoms with Gasteiger partial charge in [-0.2, -0.15) is 0 Å². The molecule has 0 saturated carbocycles. The molecule has 1 aromatic rings. The molecule has 0 fully saturated rings. The number of hydrogen-bond acceptors (Lipinski definition) is 3. The smallest absolute Gasteiger partial charge is 0.337 e. The van der Waals surface area contributed by atoms with Crippen LogP contribution in [0.2, 0.25) is 0 Å². The molecule has 4 heteroatoms. The molecule has 0 unspecified atom stereocenters. The molecule has 0 heterocycles. The number of carbonyl (C=O) groups is 1. The summed E-state index contributed by atoms with van der Waals surface area (Å²) >= 11 is 0. The van der Waals surface area contributed by atoms with Crippen LogP contribution < -0.4 is 5.73 Å². The molecule has 14 heavy (non-hydrogen) atoms. The minimum Gasteiger partial charge on any atom is -0.479 e. The van der Waals surface area contributed by atoms with Crippen LogP contribution in [0.3, 0.4) is 0 Å². The van der Waals surface area contributed by atoms with Crippen LogP contribution in [-0.4, -0.2) is 21.8 Å². The summed E-state index contributed by atoms with van der Waals surface area (Å²) in [6, 6.07) is 7.72. The highest BCUT2D eigenvalue weighted by molar-refractivity contribution is 5.78. The van der Waals surface area contributed by atoms with Gasteiger partial charge in [0.1, 0.15) is 0 Å². The Balaban J connectivity index is 2.96. The maximum absolute atomic E-state index is 10.7. The van der Waals surface area contributed by atoms with E-state index in [2.05, 4.69) is 0 Å². The fourth-order valence-corrected chi connectivity index (χ4v) is 1.12. The predicted molar refractivity (Wildman–Crippen MR) is 51.6 cm³/mol. The lowest BCUT2D eigenvalue weighted by molar-refractivity contribution is -0.158. The summed E-state index contributed by atoms with van der Waals surface area (Å²) in [6.07, 6.45) is 0. The van der Waals surface area contributed by atoms with Gasteiger partial charge in [-0.15, -0.1) is 0 Å². The normalized spacial score (nSPS) is 17.1. The van der Waals surface area contributed by atoms with Gasteiger partial charge >= 0.3 is 5.97 Å². The van der Waals surface area contributed by atoms with Crippen molar-refractivity contribution in [3.8, 4) is 0 Å². The molecule has 4 N–H and O–H groups in total. The molecule has 2 atom stereocenters. The van der Waals surface area contributed by atoms with Crippen molar-refractivity contribution in [3.05, 3.63) is 35.9 Å². The van der Waals surface area contributed by atoms with Crippen LogP contribution in [0.1, 0.15) is 18.5 Å². The fourth-order valence-electron chi connectivity index (χ4n) is 1.12. The molecule has 0 radical (unpaired) electrons. The van der Waals surface area contributed by atoms with Crippen molar-refractivity contribution >= 4 is 5.97 Å². The number of rotatable bonds is 3. The van der Waals surface area contributed by atoms with Gasteiger partial charge in [-0.1, -0.05) is 30.3 Å². The Bertz CT molecular complexity index is 321. The van der Waals surface area contributed by atoms with Crippen molar-refractivity contribution in [2.24, 2.45) is 5.73 Å². The van der Waals surface area contributed by atoms with Crippen molar-refractivity contribution in [2.75, 3.05) is 0 Å². The number of carboxylic acids is 1. The molecule has 0 amide bonds. The first-order valence-corrected chi connectivity index (χ1v) is 4.22. The van der Waals surface area contributed by atoms with E-state index in [1.54, 1.807) is 30.3 Å². The van der Waals surface area contributed by atoms with Crippen LogP contribution in [0, 0.1) is 0 Å². The van der Waals surface area contributed by atoms with Gasteiger partial charge < -0.3 is 15.9 Å². The SMILES string of the molecule is C[C@@](O)(C(=O)O)[C@H](N)c1ccccc1. The third-order valence-electron chi connectivity index (χ3n) is 2.20. The summed E-state index contributed by atoms with van der Waals surface area (Å²) in [6.45, 7) is 1.19. The molecular formula is C10H13NO3. The highest BCUT2D eigenvalue weighted by atomic mass is 16.4. The fraction of sp³-hybridized carbons (Fsp3) is 0.300. The van der Waals surface area contributed by atoms with Gasteiger partial charge in [0.15, 0.2) is 5.60 Å². The molecule has 4 nitrogen and oxygen atoms in total. The van der Waals surface area contributed by atoms with E-state index in [9.17, 15) is 9.90 Å². The molecular weight excluding hydrogens is 182 g/mol. The zero-order valence-corrected chi connectivity index (χ0v) is 7.84.